The molecule has 0 bridgehead atoms. The summed E-state index contributed by atoms with van der Waals surface area (Å²) < 4.78 is 20.2. The van der Waals surface area contributed by atoms with E-state index in [-0.39, 0.29) is 17.5 Å². The van der Waals surface area contributed by atoms with Crippen molar-refractivity contribution in [2.24, 2.45) is 0 Å². The van der Waals surface area contributed by atoms with Gasteiger partial charge in [0.2, 0.25) is 5.91 Å². The van der Waals surface area contributed by atoms with Crippen LogP contribution in [0.5, 0.6) is 0 Å². The van der Waals surface area contributed by atoms with Gasteiger partial charge in [-0.3, -0.25) is 4.79 Å². The van der Waals surface area contributed by atoms with Crippen LogP contribution in [0, 0.1) is 18.2 Å². The summed E-state index contributed by atoms with van der Waals surface area (Å²) in [6, 6.07) is 11.3. The predicted molar refractivity (Wildman–Crippen MR) is 114 cm³/mol. The highest BCUT2D eigenvalue weighted by Crippen LogP contribution is 2.31. The number of nitrogens with zero attached hydrogens (tertiary/aromatic N) is 1. The van der Waals surface area contributed by atoms with Crippen molar-refractivity contribution in [3.63, 3.8) is 0 Å². The summed E-state index contributed by atoms with van der Waals surface area (Å²) in [7, 11) is 0. The van der Waals surface area contributed by atoms with Crippen LogP contribution in [0.1, 0.15) is 48.7 Å². The van der Waals surface area contributed by atoms with Crippen molar-refractivity contribution in [1.82, 2.24) is 5.06 Å². The van der Waals surface area contributed by atoms with Crippen LogP contribution in [-0.2, 0) is 20.8 Å². The molecule has 1 N–H and O–H groups in total. The monoisotopic (exact) mass is 424 g/mol. The molecule has 0 radical (unpaired) electrons. The average molecular weight is 424 g/mol. The van der Waals surface area contributed by atoms with Crippen LogP contribution >= 0.6 is 0 Å². The summed E-state index contributed by atoms with van der Waals surface area (Å²) in [6.07, 6.45) is 6.42. The molecule has 1 saturated heterocycles. The molecular formula is C24H25FN2O4. The molecule has 2 aromatic rings. The van der Waals surface area contributed by atoms with Crippen molar-refractivity contribution < 1.29 is 23.6 Å². The van der Waals surface area contributed by atoms with Crippen molar-refractivity contribution in [3.8, 4) is 12.3 Å². The molecule has 0 saturated carbocycles. The number of ether oxygens (including phenoxy) is 1. The number of nitrogens with one attached hydrogen (secondary N) is 1. The van der Waals surface area contributed by atoms with E-state index in [1.165, 1.54) is 13.0 Å². The van der Waals surface area contributed by atoms with E-state index in [0.717, 1.165) is 0 Å². The first-order chi connectivity index (χ1) is 14.7. The van der Waals surface area contributed by atoms with Crippen molar-refractivity contribution in [2.75, 3.05) is 11.9 Å². The van der Waals surface area contributed by atoms with Gasteiger partial charge < -0.3 is 14.9 Å². The summed E-state index contributed by atoms with van der Waals surface area (Å²) in [5.74, 6) is 1.03. The molecule has 1 aliphatic heterocycles. The second-order valence-corrected chi connectivity index (χ2v) is 7.84. The van der Waals surface area contributed by atoms with Crippen molar-refractivity contribution >= 4 is 17.6 Å². The Bertz CT molecular complexity index is 1010. The highest BCUT2D eigenvalue weighted by Gasteiger charge is 2.43. The van der Waals surface area contributed by atoms with Gasteiger partial charge in [0.1, 0.15) is 11.5 Å². The van der Waals surface area contributed by atoms with Gasteiger partial charge in [-0.25, -0.2) is 9.18 Å². The first-order valence-corrected chi connectivity index (χ1v) is 9.98. The minimum atomic E-state index is -0.812. The highest BCUT2D eigenvalue weighted by molar-refractivity contribution is 5.89. The van der Waals surface area contributed by atoms with Gasteiger partial charge in [0.15, 0.2) is 0 Å². The quantitative estimate of drug-likeness (QED) is 0.713. The van der Waals surface area contributed by atoms with Crippen LogP contribution in [0.3, 0.4) is 0 Å². The molecule has 1 atom stereocenters. The highest BCUT2D eigenvalue weighted by atomic mass is 19.1. The second-order valence-electron chi connectivity index (χ2n) is 7.84. The normalized spacial score (nSPS) is 17.7. The summed E-state index contributed by atoms with van der Waals surface area (Å²) >= 11 is 0. The van der Waals surface area contributed by atoms with E-state index >= 15 is 0 Å². The number of rotatable bonds is 6. The lowest BCUT2D eigenvalue weighted by Gasteiger charge is -2.31. The van der Waals surface area contributed by atoms with Gasteiger partial charge in [0, 0.05) is 12.6 Å². The van der Waals surface area contributed by atoms with Gasteiger partial charge in [-0.2, -0.15) is 0 Å². The number of benzene rings is 2. The van der Waals surface area contributed by atoms with E-state index in [0.29, 0.717) is 36.3 Å². The van der Waals surface area contributed by atoms with Crippen LogP contribution in [0.2, 0.25) is 0 Å². The number of hydrogen-bond acceptors (Lipinski definition) is 5. The predicted octanol–water partition coefficient (Wildman–Crippen LogP) is 3.91. The number of hydroxylamine groups is 2. The maximum Gasteiger partial charge on any atom is 0.357 e. The number of anilines is 1. The maximum atomic E-state index is 14.4. The van der Waals surface area contributed by atoms with Crippen molar-refractivity contribution in [1.29, 1.82) is 0 Å². The maximum absolute atomic E-state index is 14.4. The van der Waals surface area contributed by atoms with Crippen molar-refractivity contribution in [2.45, 2.75) is 45.4 Å². The molecule has 1 amide bonds. The minimum absolute atomic E-state index is 0.153. The van der Waals surface area contributed by atoms with E-state index in [9.17, 15) is 14.0 Å². The molecule has 0 aliphatic carbocycles. The fourth-order valence-electron chi connectivity index (χ4n) is 3.59. The Hall–Kier alpha value is -3.21. The molecular weight excluding hydrogens is 399 g/mol. The molecule has 3 rings (SSSR count). The van der Waals surface area contributed by atoms with Crippen LogP contribution in [0.4, 0.5) is 10.1 Å². The fourth-order valence-corrected chi connectivity index (χ4v) is 3.59. The first kappa shape index (κ1) is 22.5. The summed E-state index contributed by atoms with van der Waals surface area (Å²) in [5, 5.41) is 4.13. The number of aryl methyl sites for hydroxylation is 1. The van der Waals surface area contributed by atoms with E-state index in [1.54, 1.807) is 35.4 Å². The Labute approximate surface area is 181 Å². The fraction of sp³-hybridized carbons (Fsp3) is 0.333. The third-order valence-electron chi connectivity index (χ3n) is 5.07. The number of terminal acetylenes is 1. The van der Waals surface area contributed by atoms with Gasteiger partial charge in [-0.05, 0) is 56.5 Å². The molecule has 0 spiro atoms. The van der Waals surface area contributed by atoms with E-state index in [1.807, 2.05) is 19.9 Å². The van der Waals surface area contributed by atoms with E-state index in [2.05, 4.69) is 11.2 Å². The lowest BCUT2D eigenvalue weighted by Crippen LogP contribution is -2.45. The van der Waals surface area contributed by atoms with Gasteiger partial charge in [0.05, 0.1) is 23.8 Å². The van der Waals surface area contributed by atoms with Crippen LogP contribution in [0.15, 0.2) is 42.5 Å². The standard InChI is InChI=1S/C24H25FN2O4/c1-5-21-18(13-19(14-22(21)25)26-16(2)28)11-12-20-15-30-24(3,4)27(20)31-23(29)17-9-7-6-8-10-17/h1,6-10,13-14,20H,11-12,15H2,2-4H3,(H,26,28)/t20-/m0/s1. The van der Waals surface area contributed by atoms with E-state index < -0.39 is 17.5 Å². The number of carbonyl (C=O) groups excluding carboxylic acids is 2. The molecule has 2 aromatic carbocycles. The third kappa shape index (κ3) is 5.29. The molecule has 1 heterocycles. The Morgan fingerprint density at radius 3 is 2.68 bits per heavy atom. The van der Waals surface area contributed by atoms with Crippen LogP contribution < -0.4 is 5.32 Å². The minimum Gasteiger partial charge on any atom is -0.361 e. The molecule has 6 nitrogen and oxygen atoms in total. The summed E-state index contributed by atoms with van der Waals surface area (Å²) in [4.78, 5) is 29.6. The topological polar surface area (TPSA) is 67.9 Å². The lowest BCUT2D eigenvalue weighted by atomic mass is 9.99. The Balaban J connectivity index is 1.77. The SMILES string of the molecule is C#Cc1c(F)cc(NC(C)=O)cc1CC[C@H]1COC(C)(C)N1OC(=O)c1ccccc1. The van der Waals surface area contributed by atoms with Gasteiger partial charge in [-0.15, -0.1) is 11.5 Å². The number of amides is 1. The number of hydrogen-bond donors (Lipinski definition) is 1. The lowest BCUT2D eigenvalue weighted by molar-refractivity contribution is -0.219. The van der Waals surface area contributed by atoms with Crippen molar-refractivity contribution in [3.05, 3.63) is 65.0 Å². The Morgan fingerprint density at radius 1 is 1.32 bits per heavy atom. The van der Waals surface area contributed by atoms with Crippen LogP contribution in [0.25, 0.3) is 0 Å². The zero-order valence-corrected chi connectivity index (χ0v) is 17.8. The van der Waals surface area contributed by atoms with Gasteiger partial charge in [0.25, 0.3) is 0 Å². The van der Waals surface area contributed by atoms with Gasteiger partial charge >= 0.3 is 5.97 Å². The largest absolute Gasteiger partial charge is 0.361 e. The molecule has 0 unspecified atom stereocenters. The zero-order chi connectivity index (χ0) is 22.6. The van der Waals surface area contributed by atoms with E-state index in [4.69, 9.17) is 16.0 Å². The smallest absolute Gasteiger partial charge is 0.357 e. The average Bonchev–Trinajstić information content (AvgIpc) is 3.00. The molecule has 31 heavy (non-hydrogen) atoms. The number of halogens is 1. The molecule has 162 valence electrons. The molecule has 1 fully saturated rings. The summed E-state index contributed by atoms with van der Waals surface area (Å²) in [5.41, 5.74) is 0.705. The molecule has 1 aliphatic rings. The Kier molecular flexibility index (Phi) is 6.74. The molecule has 0 aromatic heterocycles. The zero-order valence-electron chi connectivity index (χ0n) is 17.8. The molecule has 7 heteroatoms. The van der Waals surface area contributed by atoms with Crippen LogP contribution in [-0.4, -0.2) is 35.3 Å². The van der Waals surface area contributed by atoms with Gasteiger partial charge in [-0.1, -0.05) is 24.1 Å². The first-order valence-electron chi connectivity index (χ1n) is 9.98. The second kappa shape index (κ2) is 9.29. The summed E-state index contributed by atoms with van der Waals surface area (Å²) in [6.45, 7) is 5.32. The Morgan fingerprint density at radius 2 is 2.03 bits per heavy atom. The third-order valence-corrected chi connectivity index (χ3v) is 5.07. The number of carbonyl (C=O) groups is 2.